The molecular weight excluding hydrogens is 260 g/mol. The summed E-state index contributed by atoms with van der Waals surface area (Å²) in [5.74, 6) is -0.0513. The fraction of sp³-hybridized carbons (Fsp3) is 0.700. The Morgan fingerprint density at radius 1 is 1.28 bits per heavy atom. The van der Waals surface area contributed by atoms with Crippen molar-refractivity contribution in [2.45, 2.75) is 33.2 Å². The van der Waals surface area contributed by atoms with E-state index in [1.807, 2.05) is 0 Å². The Kier molecular flexibility index (Phi) is 10.8. The van der Waals surface area contributed by atoms with Gasteiger partial charge in [-0.05, 0) is 19.9 Å². The summed E-state index contributed by atoms with van der Waals surface area (Å²) in [5, 5.41) is 6.05. The molecule has 0 saturated carbocycles. The molecule has 0 radical (unpaired) electrons. The number of carbonyl (C=O) groups excluding carboxylic acids is 1. The third-order valence-electron chi connectivity index (χ3n) is 1.58. The number of hydrogen-bond acceptors (Lipinski definition) is 4. The van der Waals surface area contributed by atoms with Gasteiger partial charge in [0.1, 0.15) is 0 Å². The highest BCUT2D eigenvalue weighted by atomic mass is 32.3. The molecule has 0 rings (SSSR count). The minimum atomic E-state index is -4.67. The van der Waals surface area contributed by atoms with Gasteiger partial charge in [-0.2, -0.15) is 8.42 Å². The van der Waals surface area contributed by atoms with Crippen molar-refractivity contribution in [2.75, 3.05) is 13.1 Å². The summed E-state index contributed by atoms with van der Waals surface area (Å²) in [6, 6.07) is 0.511. The standard InChI is InChI=1S/C10H20N2O.H2O4S/c1-8(2)10(13)12-7-5-6-11-9(3)4;1-5(2,3)4/h9,11H,1,5-7H2,2-4H3,(H,12,13);(H2,1,2,3,4). The molecular formula is C10H22N2O5S. The lowest BCUT2D eigenvalue weighted by atomic mass is 10.3. The highest BCUT2D eigenvalue weighted by Gasteiger charge is 1.99. The number of amides is 1. The normalized spacial score (nSPS) is 10.6. The number of nitrogens with one attached hydrogen (secondary N) is 2. The second kappa shape index (κ2) is 10.0. The van der Waals surface area contributed by atoms with Crippen LogP contribution in [-0.2, 0) is 15.2 Å². The fourth-order valence-electron chi connectivity index (χ4n) is 0.832. The van der Waals surface area contributed by atoms with Gasteiger partial charge in [0, 0.05) is 18.2 Å². The predicted octanol–water partition coefficient (Wildman–Crippen LogP) is 0.414. The molecule has 0 heterocycles. The van der Waals surface area contributed by atoms with Crippen molar-refractivity contribution in [3.05, 3.63) is 12.2 Å². The maximum atomic E-state index is 11.0. The molecule has 0 aliphatic rings. The fourth-order valence-corrected chi connectivity index (χ4v) is 0.832. The third-order valence-corrected chi connectivity index (χ3v) is 1.58. The largest absolute Gasteiger partial charge is 0.394 e. The van der Waals surface area contributed by atoms with Crippen LogP contribution in [0.25, 0.3) is 0 Å². The van der Waals surface area contributed by atoms with E-state index in [1.165, 1.54) is 0 Å². The number of hydrogen-bond donors (Lipinski definition) is 4. The Bertz CT molecular complexity index is 343. The van der Waals surface area contributed by atoms with E-state index in [0.29, 0.717) is 18.2 Å². The summed E-state index contributed by atoms with van der Waals surface area (Å²) >= 11 is 0. The molecule has 0 aromatic carbocycles. The van der Waals surface area contributed by atoms with Gasteiger partial charge in [0.25, 0.3) is 0 Å². The Morgan fingerprint density at radius 3 is 2.06 bits per heavy atom. The summed E-state index contributed by atoms with van der Waals surface area (Å²) in [6.45, 7) is 11.1. The molecule has 0 aliphatic heterocycles. The summed E-state index contributed by atoms with van der Waals surface area (Å²) in [7, 11) is -4.67. The first-order valence-corrected chi connectivity index (χ1v) is 6.80. The quantitative estimate of drug-likeness (QED) is 0.319. The molecule has 108 valence electrons. The second-order valence-corrected chi connectivity index (χ2v) is 4.84. The lowest BCUT2D eigenvalue weighted by molar-refractivity contribution is -0.117. The first-order valence-electron chi connectivity index (χ1n) is 5.41. The van der Waals surface area contributed by atoms with E-state index >= 15 is 0 Å². The van der Waals surface area contributed by atoms with E-state index in [1.54, 1.807) is 6.92 Å². The lowest BCUT2D eigenvalue weighted by Crippen LogP contribution is -2.29. The van der Waals surface area contributed by atoms with Crippen LogP contribution in [0.4, 0.5) is 0 Å². The van der Waals surface area contributed by atoms with Crippen LogP contribution < -0.4 is 10.6 Å². The van der Waals surface area contributed by atoms with Crippen molar-refractivity contribution >= 4 is 16.3 Å². The second-order valence-electron chi connectivity index (χ2n) is 3.95. The van der Waals surface area contributed by atoms with Gasteiger partial charge in [-0.1, -0.05) is 20.4 Å². The Morgan fingerprint density at radius 2 is 1.72 bits per heavy atom. The van der Waals surface area contributed by atoms with E-state index in [9.17, 15) is 4.79 Å². The first kappa shape index (κ1) is 19.4. The molecule has 0 aromatic rings. The number of rotatable bonds is 6. The molecule has 0 aliphatic carbocycles. The molecule has 0 spiro atoms. The van der Waals surface area contributed by atoms with E-state index < -0.39 is 10.4 Å². The van der Waals surface area contributed by atoms with Gasteiger partial charge in [0.2, 0.25) is 5.91 Å². The third kappa shape index (κ3) is 24.3. The zero-order valence-corrected chi connectivity index (χ0v) is 11.7. The average Bonchev–Trinajstić information content (AvgIpc) is 2.13. The van der Waals surface area contributed by atoms with Gasteiger partial charge in [0.05, 0.1) is 0 Å². The molecule has 18 heavy (non-hydrogen) atoms. The van der Waals surface area contributed by atoms with Crippen LogP contribution in [0.2, 0.25) is 0 Å². The first-order chi connectivity index (χ1) is 8.04. The zero-order valence-electron chi connectivity index (χ0n) is 10.9. The molecule has 0 fully saturated rings. The molecule has 8 heteroatoms. The van der Waals surface area contributed by atoms with Crippen LogP contribution in [0.15, 0.2) is 12.2 Å². The van der Waals surface area contributed by atoms with Crippen molar-refractivity contribution in [1.82, 2.24) is 10.6 Å². The van der Waals surface area contributed by atoms with Gasteiger partial charge in [-0.3, -0.25) is 13.9 Å². The average molecular weight is 282 g/mol. The van der Waals surface area contributed by atoms with Crippen LogP contribution in [0, 0.1) is 0 Å². The van der Waals surface area contributed by atoms with Gasteiger partial charge in [-0.25, -0.2) is 0 Å². The van der Waals surface area contributed by atoms with Crippen molar-refractivity contribution in [3.63, 3.8) is 0 Å². The number of carbonyl (C=O) groups is 1. The van der Waals surface area contributed by atoms with Gasteiger partial charge < -0.3 is 10.6 Å². The van der Waals surface area contributed by atoms with Crippen molar-refractivity contribution in [2.24, 2.45) is 0 Å². The molecule has 4 N–H and O–H groups in total. The monoisotopic (exact) mass is 282 g/mol. The summed E-state index contributed by atoms with van der Waals surface area (Å²) < 4.78 is 31.6. The topological polar surface area (TPSA) is 116 Å². The van der Waals surface area contributed by atoms with Crippen LogP contribution in [0.5, 0.6) is 0 Å². The summed E-state index contributed by atoms with van der Waals surface area (Å²) in [4.78, 5) is 11.0. The van der Waals surface area contributed by atoms with Crippen LogP contribution in [-0.4, -0.2) is 42.6 Å². The smallest absolute Gasteiger partial charge is 0.352 e. The van der Waals surface area contributed by atoms with E-state index in [4.69, 9.17) is 17.5 Å². The molecule has 0 atom stereocenters. The summed E-state index contributed by atoms with van der Waals surface area (Å²) in [5.41, 5.74) is 0.566. The van der Waals surface area contributed by atoms with E-state index in [-0.39, 0.29) is 5.91 Å². The SMILES string of the molecule is C=C(C)C(=O)NCCCNC(C)C.O=S(=O)(O)O. The molecule has 0 aromatic heterocycles. The summed E-state index contributed by atoms with van der Waals surface area (Å²) in [6.07, 6.45) is 0.956. The van der Waals surface area contributed by atoms with Crippen molar-refractivity contribution in [3.8, 4) is 0 Å². The Hall–Kier alpha value is -0.960. The molecule has 1 amide bonds. The molecule has 0 bridgehead atoms. The molecule has 0 unspecified atom stereocenters. The highest BCUT2D eigenvalue weighted by Crippen LogP contribution is 1.85. The van der Waals surface area contributed by atoms with Crippen molar-refractivity contribution in [1.29, 1.82) is 0 Å². The van der Waals surface area contributed by atoms with Crippen molar-refractivity contribution < 1.29 is 22.3 Å². The van der Waals surface area contributed by atoms with E-state index in [0.717, 1.165) is 13.0 Å². The zero-order chi connectivity index (χ0) is 14.8. The maximum Gasteiger partial charge on any atom is 0.394 e. The molecule has 7 nitrogen and oxygen atoms in total. The van der Waals surface area contributed by atoms with Gasteiger partial charge in [-0.15, -0.1) is 0 Å². The Balaban J connectivity index is 0. The minimum absolute atomic E-state index is 0.0513. The van der Waals surface area contributed by atoms with E-state index in [2.05, 4.69) is 31.1 Å². The lowest BCUT2D eigenvalue weighted by Gasteiger charge is -2.08. The predicted molar refractivity (Wildman–Crippen MR) is 69.8 cm³/mol. The van der Waals surface area contributed by atoms with Crippen LogP contribution in [0.3, 0.4) is 0 Å². The van der Waals surface area contributed by atoms with Crippen LogP contribution >= 0.6 is 0 Å². The van der Waals surface area contributed by atoms with Crippen LogP contribution in [0.1, 0.15) is 27.2 Å². The highest BCUT2D eigenvalue weighted by molar-refractivity contribution is 7.79. The minimum Gasteiger partial charge on any atom is -0.352 e. The Labute approximate surface area is 108 Å². The van der Waals surface area contributed by atoms with Gasteiger partial charge >= 0.3 is 10.4 Å². The molecule has 0 saturated heterocycles. The van der Waals surface area contributed by atoms with Gasteiger partial charge in [0.15, 0.2) is 0 Å². The maximum absolute atomic E-state index is 11.0.